The van der Waals surface area contributed by atoms with Crippen LogP contribution in [0.5, 0.6) is 0 Å². The zero-order chi connectivity index (χ0) is 12.1. The summed E-state index contributed by atoms with van der Waals surface area (Å²) in [6.07, 6.45) is 9.77. The van der Waals surface area contributed by atoms with Crippen LogP contribution in [0.15, 0.2) is 15.9 Å². The fourth-order valence-electron chi connectivity index (χ4n) is 2.82. The summed E-state index contributed by atoms with van der Waals surface area (Å²) in [5.74, 6) is 0.958. The zero-order valence-electron chi connectivity index (χ0n) is 10.5. The zero-order valence-corrected chi connectivity index (χ0v) is 12.9. The first kappa shape index (κ1) is 13.6. The molecule has 1 aliphatic carbocycles. The van der Waals surface area contributed by atoms with Gasteiger partial charge < -0.3 is 5.32 Å². The van der Waals surface area contributed by atoms with Crippen LogP contribution < -0.4 is 5.32 Å². The highest BCUT2D eigenvalue weighted by molar-refractivity contribution is 9.10. The van der Waals surface area contributed by atoms with E-state index < -0.39 is 0 Å². The molecule has 0 radical (unpaired) electrons. The third kappa shape index (κ3) is 4.08. The predicted molar refractivity (Wildman–Crippen MR) is 79.8 cm³/mol. The fourth-order valence-corrected chi connectivity index (χ4v) is 4.42. The van der Waals surface area contributed by atoms with Crippen LogP contribution in [0, 0.1) is 5.92 Å². The molecule has 0 amide bonds. The standard InChI is InChI=1S/C14H22BrNS/c1-16-12(9-11-5-3-2-4-6-11)10-14-13(15)7-8-17-14/h7-8,11-12,16H,2-6,9-10H2,1H3. The largest absolute Gasteiger partial charge is 0.317 e. The van der Waals surface area contributed by atoms with Crippen molar-refractivity contribution in [3.8, 4) is 0 Å². The third-order valence-corrected chi connectivity index (χ3v) is 5.82. The Kier molecular flexibility index (Phi) is 5.51. The number of rotatable bonds is 5. The lowest BCUT2D eigenvalue weighted by Gasteiger charge is -2.26. The Labute approximate surface area is 117 Å². The van der Waals surface area contributed by atoms with Gasteiger partial charge >= 0.3 is 0 Å². The Morgan fingerprint density at radius 1 is 1.41 bits per heavy atom. The van der Waals surface area contributed by atoms with E-state index >= 15 is 0 Å². The smallest absolute Gasteiger partial charge is 0.0314 e. The van der Waals surface area contributed by atoms with E-state index in [9.17, 15) is 0 Å². The topological polar surface area (TPSA) is 12.0 Å². The second-order valence-electron chi connectivity index (χ2n) is 5.12. The summed E-state index contributed by atoms with van der Waals surface area (Å²) in [4.78, 5) is 1.49. The average Bonchev–Trinajstić information content (AvgIpc) is 2.75. The fraction of sp³-hybridized carbons (Fsp3) is 0.714. The molecular weight excluding hydrogens is 294 g/mol. The summed E-state index contributed by atoms with van der Waals surface area (Å²) in [7, 11) is 2.11. The second kappa shape index (κ2) is 6.91. The summed E-state index contributed by atoms with van der Waals surface area (Å²) >= 11 is 5.50. The Morgan fingerprint density at radius 2 is 2.18 bits per heavy atom. The highest BCUT2D eigenvalue weighted by Crippen LogP contribution is 2.30. The normalized spacial score (nSPS) is 19.4. The monoisotopic (exact) mass is 315 g/mol. The van der Waals surface area contributed by atoms with Gasteiger partial charge in [-0.1, -0.05) is 32.1 Å². The van der Waals surface area contributed by atoms with E-state index in [-0.39, 0.29) is 0 Å². The summed E-state index contributed by atoms with van der Waals surface area (Å²) in [5, 5.41) is 5.67. The Balaban J connectivity index is 1.85. The van der Waals surface area contributed by atoms with Crippen molar-refractivity contribution >= 4 is 27.3 Å². The molecule has 0 aromatic carbocycles. The molecule has 1 saturated carbocycles. The predicted octanol–water partition coefficient (Wildman–Crippen LogP) is 4.61. The highest BCUT2D eigenvalue weighted by Gasteiger charge is 2.19. The van der Waals surface area contributed by atoms with E-state index in [1.807, 2.05) is 11.3 Å². The minimum Gasteiger partial charge on any atom is -0.317 e. The lowest BCUT2D eigenvalue weighted by molar-refractivity contribution is 0.303. The SMILES string of the molecule is CNC(Cc1sccc1Br)CC1CCCCC1. The van der Waals surface area contributed by atoms with Crippen molar-refractivity contribution in [2.75, 3.05) is 7.05 Å². The van der Waals surface area contributed by atoms with Gasteiger partial charge in [-0.25, -0.2) is 0 Å². The summed E-state index contributed by atoms with van der Waals surface area (Å²) in [6, 6.07) is 2.81. The van der Waals surface area contributed by atoms with E-state index in [2.05, 4.69) is 39.7 Å². The number of halogens is 1. The van der Waals surface area contributed by atoms with Crippen LogP contribution in [0.25, 0.3) is 0 Å². The van der Waals surface area contributed by atoms with Crippen molar-refractivity contribution in [1.82, 2.24) is 5.32 Å². The summed E-state index contributed by atoms with van der Waals surface area (Å²) in [6.45, 7) is 0. The Bertz CT molecular complexity index is 331. The maximum absolute atomic E-state index is 3.63. The molecule has 1 fully saturated rings. The molecule has 0 spiro atoms. The van der Waals surface area contributed by atoms with Gasteiger partial charge in [-0.05, 0) is 53.2 Å². The molecule has 1 N–H and O–H groups in total. The molecule has 1 aliphatic rings. The van der Waals surface area contributed by atoms with E-state index in [0.717, 1.165) is 5.92 Å². The van der Waals surface area contributed by atoms with Crippen molar-refractivity contribution in [2.24, 2.45) is 5.92 Å². The van der Waals surface area contributed by atoms with Crippen molar-refractivity contribution in [3.05, 3.63) is 20.8 Å². The van der Waals surface area contributed by atoms with Crippen molar-refractivity contribution in [2.45, 2.75) is 51.0 Å². The first-order valence-corrected chi connectivity index (χ1v) is 8.36. The van der Waals surface area contributed by atoms with Crippen LogP contribution in [0.2, 0.25) is 0 Å². The quantitative estimate of drug-likeness (QED) is 0.836. The number of hydrogen-bond acceptors (Lipinski definition) is 2. The molecule has 0 saturated heterocycles. The van der Waals surface area contributed by atoms with Crippen molar-refractivity contribution in [1.29, 1.82) is 0 Å². The van der Waals surface area contributed by atoms with Gasteiger partial charge in [0.1, 0.15) is 0 Å². The lowest BCUT2D eigenvalue weighted by Crippen LogP contribution is -2.30. The van der Waals surface area contributed by atoms with Crippen LogP contribution in [-0.4, -0.2) is 13.1 Å². The van der Waals surface area contributed by atoms with Gasteiger partial charge in [0.2, 0.25) is 0 Å². The Hall–Kier alpha value is 0.140. The highest BCUT2D eigenvalue weighted by atomic mass is 79.9. The Morgan fingerprint density at radius 3 is 2.76 bits per heavy atom. The maximum Gasteiger partial charge on any atom is 0.0314 e. The van der Waals surface area contributed by atoms with Crippen LogP contribution in [0.1, 0.15) is 43.4 Å². The van der Waals surface area contributed by atoms with Crippen LogP contribution >= 0.6 is 27.3 Å². The van der Waals surface area contributed by atoms with Gasteiger partial charge in [0.05, 0.1) is 0 Å². The van der Waals surface area contributed by atoms with Crippen molar-refractivity contribution < 1.29 is 0 Å². The van der Waals surface area contributed by atoms with Gasteiger partial charge in [-0.2, -0.15) is 0 Å². The molecule has 1 unspecified atom stereocenters. The molecule has 1 atom stereocenters. The number of nitrogens with one attached hydrogen (secondary N) is 1. The minimum absolute atomic E-state index is 0.646. The van der Waals surface area contributed by atoms with E-state index in [0.29, 0.717) is 6.04 Å². The number of hydrogen-bond donors (Lipinski definition) is 1. The maximum atomic E-state index is 3.63. The minimum atomic E-state index is 0.646. The van der Waals surface area contributed by atoms with Crippen molar-refractivity contribution in [3.63, 3.8) is 0 Å². The average molecular weight is 316 g/mol. The molecule has 0 bridgehead atoms. The molecule has 1 heterocycles. The molecule has 17 heavy (non-hydrogen) atoms. The lowest BCUT2D eigenvalue weighted by atomic mass is 9.84. The molecule has 2 rings (SSSR count). The number of likely N-dealkylation sites (N-methyl/N-ethyl adjacent to an activating group) is 1. The molecule has 1 aromatic heterocycles. The molecule has 96 valence electrons. The van der Waals surface area contributed by atoms with E-state index in [1.54, 1.807) is 0 Å². The number of thiophene rings is 1. The first-order chi connectivity index (χ1) is 8.29. The molecule has 1 aromatic rings. The third-order valence-electron chi connectivity index (χ3n) is 3.87. The van der Waals surface area contributed by atoms with E-state index in [1.165, 1.54) is 54.3 Å². The van der Waals surface area contributed by atoms with Gasteiger partial charge in [0.25, 0.3) is 0 Å². The van der Waals surface area contributed by atoms with Gasteiger partial charge in [-0.3, -0.25) is 0 Å². The van der Waals surface area contributed by atoms with Gasteiger partial charge in [0.15, 0.2) is 0 Å². The molecular formula is C14H22BrNS. The molecule has 0 aliphatic heterocycles. The summed E-state index contributed by atoms with van der Waals surface area (Å²) < 4.78 is 1.28. The van der Waals surface area contributed by atoms with Gasteiger partial charge in [-0.15, -0.1) is 11.3 Å². The van der Waals surface area contributed by atoms with Crippen LogP contribution in [0.4, 0.5) is 0 Å². The van der Waals surface area contributed by atoms with E-state index in [4.69, 9.17) is 0 Å². The molecule has 3 heteroatoms. The van der Waals surface area contributed by atoms with Gasteiger partial charge in [0, 0.05) is 15.4 Å². The van der Waals surface area contributed by atoms with Crippen LogP contribution in [0.3, 0.4) is 0 Å². The molecule has 1 nitrogen and oxygen atoms in total. The first-order valence-electron chi connectivity index (χ1n) is 6.68. The second-order valence-corrected chi connectivity index (χ2v) is 6.98. The van der Waals surface area contributed by atoms with Crippen LogP contribution in [-0.2, 0) is 6.42 Å². The summed E-state index contributed by atoms with van der Waals surface area (Å²) in [5.41, 5.74) is 0.